The molecule has 2 saturated heterocycles. The third kappa shape index (κ3) is 6.56. The van der Waals surface area contributed by atoms with E-state index in [1.165, 1.54) is 10.6 Å². The Hall–Kier alpha value is -2.46. The first-order chi connectivity index (χ1) is 16.6. The molecule has 0 radical (unpaired) electrons. The molecule has 34 heavy (non-hydrogen) atoms. The summed E-state index contributed by atoms with van der Waals surface area (Å²) in [4.78, 5) is 33.3. The van der Waals surface area contributed by atoms with Crippen molar-refractivity contribution in [1.29, 1.82) is 0 Å². The molecule has 4 rings (SSSR count). The summed E-state index contributed by atoms with van der Waals surface area (Å²) in [6.07, 6.45) is 0. The molecule has 2 fully saturated rings. The van der Waals surface area contributed by atoms with Gasteiger partial charge in [0.2, 0.25) is 0 Å². The summed E-state index contributed by atoms with van der Waals surface area (Å²) in [5, 5.41) is 7.79. The van der Waals surface area contributed by atoms with Crippen molar-refractivity contribution >= 4 is 28.8 Å². The standard InChI is InChI=1S/C25H35N5O3S/c1-20(27-25(32)24(31)26-9-10-28-15-17-33-18-16-28)23(22-8-5-19-34-22)30-13-11-29(12-14-30)21-6-3-2-4-7-21/h2-8,19-20,23H,9-18H2,1H3,(H,26,31)(H,27,32)/t20-,23+/m0/s1. The van der Waals surface area contributed by atoms with Gasteiger partial charge in [-0.15, -0.1) is 11.3 Å². The number of hydrogen-bond acceptors (Lipinski definition) is 7. The van der Waals surface area contributed by atoms with E-state index in [9.17, 15) is 9.59 Å². The van der Waals surface area contributed by atoms with E-state index in [1.54, 1.807) is 11.3 Å². The maximum absolute atomic E-state index is 12.6. The number of anilines is 1. The van der Waals surface area contributed by atoms with E-state index < -0.39 is 11.8 Å². The average Bonchev–Trinajstić information content (AvgIpc) is 3.40. The fourth-order valence-corrected chi connectivity index (χ4v) is 5.65. The fourth-order valence-electron chi connectivity index (χ4n) is 4.68. The van der Waals surface area contributed by atoms with Gasteiger partial charge in [0.25, 0.3) is 0 Å². The highest BCUT2D eigenvalue weighted by Crippen LogP contribution is 2.30. The molecule has 2 aliphatic heterocycles. The molecule has 1 aromatic carbocycles. The van der Waals surface area contributed by atoms with Gasteiger partial charge in [-0.3, -0.25) is 19.4 Å². The lowest BCUT2D eigenvalue weighted by Gasteiger charge is -2.42. The number of amides is 2. The van der Waals surface area contributed by atoms with E-state index in [4.69, 9.17) is 4.74 Å². The largest absolute Gasteiger partial charge is 0.379 e. The lowest BCUT2D eigenvalue weighted by Crippen LogP contribution is -2.54. The van der Waals surface area contributed by atoms with Crippen molar-refractivity contribution < 1.29 is 14.3 Å². The van der Waals surface area contributed by atoms with Crippen LogP contribution in [0.1, 0.15) is 17.8 Å². The van der Waals surface area contributed by atoms with E-state index in [0.717, 1.165) is 59.0 Å². The molecule has 8 nitrogen and oxygen atoms in total. The lowest BCUT2D eigenvalue weighted by molar-refractivity contribution is -0.139. The predicted octanol–water partition coefficient (Wildman–Crippen LogP) is 1.56. The van der Waals surface area contributed by atoms with Crippen LogP contribution in [0.5, 0.6) is 0 Å². The van der Waals surface area contributed by atoms with Crippen molar-refractivity contribution in [2.24, 2.45) is 0 Å². The third-order valence-corrected chi connectivity index (χ3v) is 7.46. The molecule has 2 amide bonds. The molecule has 0 unspecified atom stereocenters. The number of benzene rings is 1. The highest BCUT2D eigenvalue weighted by molar-refractivity contribution is 7.10. The van der Waals surface area contributed by atoms with Crippen LogP contribution in [0.15, 0.2) is 47.8 Å². The number of nitrogens with zero attached hydrogens (tertiary/aromatic N) is 3. The van der Waals surface area contributed by atoms with Gasteiger partial charge in [-0.2, -0.15) is 0 Å². The molecule has 9 heteroatoms. The number of morpholine rings is 1. The molecular formula is C25H35N5O3S. The number of carbonyl (C=O) groups excluding carboxylic acids is 2. The maximum atomic E-state index is 12.6. The minimum Gasteiger partial charge on any atom is -0.379 e. The molecule has 0 spiro atoms. The van der Waals surface area contributed by atoms with Crippen LogP contribution in [0.2, 0.25) is 0 Å². The van der Waals surface area contributed by atoms with Crippen LogP contribution >= 0.6 is 11.3 Å². The predicted molar refractivity (Wildman–Crippen MR) is 135 cm³/mol. The molecule has 0 bridgehead atoms. The second kappa shape index (κ2) is 12.3. The molecule has 0 aliphatic carbocycles. The molecule has 1 aromatic heterocycles. The van der Waals surface area contributed by atoms with Gasteiger partial charge in [0.15, 0.2) is 0 Å². The van der Waals surface area contributed by atoms with E-state index >= 15 is 0 Å². The lowest BCUT2D eigenvalue weighted by atomic mass is 10.0. The van der Waals surface area contributed by atoms with Gasteiger partial charge in [0, 0.05) is 69.0 Å². The number of carbonyl (C=O) groups is 2. The van der Waals surface area contributed by atoms with E-state index in [1.807, 2.05) is 19.1 Å². The number of para-hydroxylation sites is 1. The molecule has 2 aliphatic rings. The monoisotopic (exact) mass is 485 g/mol. The summed E-state index contributed by atoms with van der Waals surface area (Å²) in [7, 11) is 0. The van der Waals surface area contributed by atoms with Gasteiger partial charge in [-0.05, 0) is 30.5 Å². The number of rotatable bonds is 8. The van der Waals surface area contributed by atoms with E-state index in [2.05, 4.69) is 61.0 Å². The van der Waals surface area contributed by atoms with Crippen molar-refractivity contribution in [3.8, 4) is 0 Å². The molecule has 2 N–H and O–H groups in total. The second-order valence-electron chi connectivity index (χ2n) is 8.79. The number of ether oxygens (including phenoxy) is 1. The smallest absolute Gasteiger partial charge is 0.309 e. The zero-order valence-electron chi connectivity index (χ0n) is 19.8. The van der Waals surface area contributed by atoms with Crippen LogP contribution in [0, 0.1) is 0 Å². The van der Waals surface area contributed by atoms with E-state index in [0.29, 0.717) is 6.54 Å². The Labute approximate surface area is 205 Å². The van der Waals surface area contributed by atoms with Crippen molar-refractivity contribution in [3.63, 3.8) is 0 Å². The number of thiophene rings is 1. The summed E-state index contributed by atoms with van der Waals surface area (Å²) in [5.41, 5.74) is 1.24. The zero-order chi connectivity index (χ0) is 23.8. The normalized spacial score (nSPS) is 19.4. The molecule has 0 saturated carbocycles. The van der Waals surface area contributed by atoms with Crippen molar-refractivity contribution in [2.45, 2.75) is 19.0 Å². The van der Waals surface area contributed by atoms with Crippen molar-refractivity contribution in [1.82, 2.24) is 20.4 Å². The van der Waals surface area contributed by atoms with Gasteiger partial charge in [-0.25, -0.2) is 0 Å². The Balaban J connectivity index is 1.30. The van der Waals surface area contributed by atoms with Crippen LogP contribution in [0.4, 0.5) is 5.69 Å². The summed E-state index contributed by atoms with van der Waals surface area (Å²) in [6.45, 7) is 9.96. The highest BCUT2D eigenvalue weighted by atomic mass is 32.1. The Kier molecular flexibility index (Phi) is 8.92. The third-order valence-electron chi connectivity index (χ3n) is 6.52. The van der Waals surface area contributed by atoms with Gasteiger partial charge in [0.05, 0.1) is 19.3 Å². The number of nitrogens with one attached hydrogen (secondary N) is 2. The SMILES string of the molecule is C[C@H](NC(=O)C(=O)NCCN1CCOCC1)[C@H](c1cccs1)N1CCN(c2ccccc2)CC1. The molecular weight excluding hydrogens is 450 g/mol. The van der Waals surface area contributed by atoms with Crippen LogP contribution in [0.3, 0.4) is 0 Å². The summed E-state index contributed by atoms with van der Waals surface area (Å²) in [6, 6.07) is 14.5. The maximum Gasteiger partial charge on any atom is 0.309 e. The Morgan fingerprint density at radius 1 is 0.971 bits per heavy atom. The second-order valence-corrected chi connectivity index (χ2v) is 9.77. The molecule has 2 atom stereocenters. The highest BCUT2D eigenvalue weighted by Gasteiger charge is 2.32. The Bertz CT molecular complexity index is 897. The molecule has 3 heterocycles. The van der Waals surface area contributed by atoms with Crippen LogP contribution in [0.25, 0.3) is 0 Å². The zero-order valence-corrected chi connectivity index (χ0v) is 20.6. The number of hydrogen-bond donors (Lipinski definition) is 2. The summed E-state index contributed by atoms with van der Waals surface area (Å²) in [5.74, 6) is -1.14. The fraction of sp³-hybridized carbons (Fsp3) is 0.520. The first-order valence-electron chi connectivity index (χ1n) is 12.1. The first kappa shape index (κ1) is 24.7. The number of piperazine rings is 1. The minimum absolute atomic E-state index is 0.0306. The molecule has 184 valence electrons. The minimum atomic E-state index is -0.570. The average molecular weight is 486 g/mol. The van der Waals surface area contributed by atoms with Gasteiger partial charge in [0.1, 0.15) is 0 Å². The summed E-state index contributed by atoms with van der Waals surface area (Å²) >= 11 is 1.69. The quantitative estimate of drug-likeness (QED) is 0.553. The van der Waals surface area contributed by atoms with Gasteiger partial charge < -0.3 is 20.3 Å². The van der Waals surface area contributed by atoms with Crippen molar-refractivity contribution in [2.75, 3.05) is 70.5 Å². The van der Waals surface area contributed by atoms with Crippen molar-refractivity contribution in [3.05, 3.63) is 52.7 Å². The van der Waals surface area contributed by atoms with Crippen LogP contribution < -0.4 is 15.5 Å². The Morgan fingerprint density at radius 3 is 2.38 bits per heavy atom. The Morgan fingerprint density at radius 2 is 1.71 bits per heavy atom. The van der Waals surface area contributed by atoms with E-state index in [-0.39, 0.29) is 12.1 Å². The van der Waals surface area contributed by atoms with Crippen LogP contribution in [-0.4, -0.2) is 93.2 Å². The first-order valence-corrected chi connectivity index (χ1v) is 13.0. The summed E-state index contributed by atoms with van der Waals surface area (Å²) < 4.78 is 5.34. The van der Waals surface area contributed by atoms with Gasteiger partial charge in [-0.1, -0.05) is 24.3 Å². The topological polar surface area (TPSA) is 77.1 Å². The molecule has 2 aromatic rings. The van der Waals surface area contributed by atoms with Gasteiger partial charge >= 0.3 is 11.8 Å². The van der Waals surface area contributed by atoms with Crippen LogP contribution in [-0.2, 0) is 14.3 Å².